The summed E-state index contributed by atoms with van der Waals surface area (Å²) >= 11 is 1.26. The molecule has 0 saturated carbocycles. The van der Waals surface area contributed by atoms with E-state index in [9.17, 15) is 4.79 Å². The van der Waals surface area contributed by atoms with Gasteiger partial charge >= 0.3 is 0 Å². The minimum atomic E-state index is -0.317. The fraction of sp³-hybridized carbons (Fsp3) is 0.167. The molecule has 2 aromatic carbocycles. The van der Waals surface area contributed by atoms with E-state index in [4.69, 9.17) is 10.00 Å². The van der Waals surface area contributed by atoms with Gasteiger partial charge in [-0.05, 0) is 43.3 Å². The molecule has 3 rings (SSSR count). The van der Waals surface area contributed by atoms with Crippen LogP contribution in [0.1, 0.15) is 6.92 Å². The molecule has 5 nitrogen and oxygen atoms in total. The number of para-hydroxylation sites is 1. The third-order valence-corrected chi connectivity index (χ3v) is 4.48. The van der Waals surface area contributed by atoms with Crippen LogP contribution in [0.5, 0.6) is 5.75 Å². The number of ether oxygens (including phenoxy) is 1. The van der Waals surface area contributed by atoms with Gasteiger partial charge in [0.05, 0.1) is 35.0 Å². The van der Waals surface area contributed by atoms with Gasteiger partial charge in [0.2, 0.25) is 0 Å². The SMILES string of the molecule is COc1ccc(-n2c(S[C@H](C)C#N)nc3ccccc3c2=O)cc1. The summed E-state index contributed by atoms with van der Waals surface area (Å²) in [6, 6.07) is 16.6. The summed E-state index contributed by atoms with van der Waals surface area (Å²) in [5.41, 5.74) is 1.16. The zero-order valence-corrected chi connectivity index (χ0v) is 14.1. The number of nitriles is 1. The smallest absolute Gasteiger partial charge is 0.266 e. The van der Waals surface area contributed by atoms with Crippen LogP contribution in [-0.4, -0.2) is 21.9 Å². The number of hydrogen-bond acceptors (Lipinski definition) is 5. The van der Waals surface area contributed by atoms with Crippen LogP contribution in [0.3, 0.4) is 0 Å². The topological polar surface area (TPSA) is 67.9 Å². The van der Waals surface area contributed by atoms with Gasteiger partial charge in [-0.25, -0.2) is 4.98 Å². The van der Waals surface area contributed by atoms with Crippen molar-refractivity contribution in [1.29, 1.82) is 5.26 Å². The minimum Gasteiger partial charge on any atom is -0.497 e. The molecule has 0 aliphatic rings. The molecule has 1 aromatic heterocycles. The fourth-order valence-corrected chi connectivity index (χ4v) is 3.15. The quantitative estimate of drug-likeness (QED) is 0.539. The highest BCUT2D eigenvalue weighted by Gasteiger charge is 2.15. The van der Waals surface area contributed by atoms with E-state index in [2.05, 4.69) is 11.1 Å². The van der Waals surface area contributed by atoms with Crippen molar-refractivity contribution < 1.29 is 4.74 Å². The summed E-state index contributed by atoms with van der Waals surface area (Å²) in [5, 5.41) is 9.83. The molecule has 0 aliphatic carbocycles. The number of fused-ring (bicyclic) bond motifs is 1. The first-order chi connectivity index (χ1) is 11.6. The molecule has 24 heavy (non-hydrogen) atoms. The molecule has 3 aromatic rings. The lowest BCUT2D eigenvalue weighted by Gasteiger charge is -2.14. The Morgan fingerprint density at radius 2 is 1.92 bits per heavy atom. The number of methoxy groups -OCH3 is 1. The van der Waals surface area contributed by atoms with Crippen LogP contribution < -0.4 is 10.3 Å². The fourth-order valence-electron chi connectivity index (χ4n) is 2.33. The predicted octanol–water partition coefficient (Wildman–Crippen LogP) is 3.40. The maximum atomic E-state index is 13.0. The largest absolute Gasteiger partial charge is 0.497 e. The van der Waals surface area contributed by atoms with Crippen molar-refractivity contribution in [3.05, 3.63) is 58.9 Å². The van der Waals surface area contributed by atoms with E-state index < -0.39 is 0 Å². The second-order valence-corrected chi connectivity index (χ2v) is 6.45. The molecule has 0 fully saturated rings. The Balaban J connectivity index is 2.26. The summed E-state index contributed by atoms with van der Waals surface area (Å²) in [6.07, 6.45) is 0. The Morgan fingerprint density at radius 3 is 2.58 bits per heavy atom. The summed E-state index contributed by atoms with van der Waals surface area (Å²) in [7, 11) is 1.59. The van der Waals surface area contributed by atoms with Crippen molar-refractivity contribution in [1.82, 2.24) is 9.55 Å². The molecule has 6 heteroatoms. The lowest BCUT2D eigenvalue weighted by Crippen LogP contribution is -2.22. The number of rotatable bonds is 4. The van der Waals surface area contributed by atoms with E-state index in [0.717, 1.165) is 0 Å². The van der Waals surface area contributed by atoms with Gasteiger partial charge in [-0.15, -0.1) is 0 Å². The summed E-state index contributed by atoms with van der Waals surface area (Å²) in [6.45, 7) is 1.78. The lowest BCUT2D eigenvalue weighted by atomic mass is 10.2. The number of nitrogens with zero attached hydrogens (tertiary/aromatic N) is 3. The van der Waals surface area contributed by atoms with Crippen molar-refractivity contribution in [2.75, 3.05) is 7.11 Å². The molecule has 0 unspecified atom stereocenters. The standard InChI is InChI=1S/C18H15N3O2S/c1-12(11-19)24-18-20-16-6-4-3-5-15(16)17(22)21(18)13-7-9-14(23-2)10-8-13/h3-10,12H,1-2H3/t12-/m1/s1. The van der Waals surface area contributed by atoms with Gasteiger partial charge in [0.25, 0.3) is 5.56 Å². The minimum absolute atomic E-state index is 0.154. The van der Waals surface area contributed by atoms with Crippen LogP contribution in [0.25, 0.3) is 16.6 Å². The lowest BCUT2D eigenvalue weighted by molar-refractivity contribution is 0.414. The van der Waals surface area contributed by atoms with Gasteiger partial charge in [0.15, 0.2) is 5.16 Å². The highest BCUT2D eigenvalue weighted by molar-refractivity contribution is 8.00. The molecule has 0 spiro atoms. The highest BCUT2D eigenvalue weighted by Crippen LogP contribution is 2.25. The number of hydrogen-bond donors (Lipinski definition) is 0. The monoisotopic (exact) mass is 337 g/mol. The maximum absolute atomic E-state index is 13.0. The molecule has 1 heterocycles. The van der Waals surface area contributed by atoms with E-state index in [-0.39, 0.29) is 10.8 Å². The molecular formula is C18H15N3O2S. The van der Waals surface area contributed by atoms with Crippen molar-refractivity contribution >= 4 is 22.7 Å². The highest BCUT2D eigenvalue weighted by atomic mass is 32.2. The second-order valence-electron chi connectivity index (χ2n) is 5.14. The van der Waals surface area contributed by atoms with E-state index in [1.807, 2.05) is 12.1 Å². The second kappa shape index (κ2) is 6.77. The normalized spacial score (nSPS) is 11.9. The molecule has 0 N–H and O–H groups in total. The molecular weight excluding hydrogens is 322 g/mol. The zero-order chi connectivity index (χ0) is 17.1. The van der Waals surface area contributed by atoms with Gasteiger partial charge in [-0.2, -0.15) is 5.26 Å². The third-order valence-electron chi connectivity index (χ3n) is 3.54. The number of benzene rings is 2. The van der Waals surface area contributed by atoms with Gasteiger partial charge in [-0.1, -0.05) is 23.9 Å². The van der Waals surface area contributed by atoms with E-state index in [1.54, 1.807) is 55.0 Å². The first kappa shape index (κ1) is 16.1. The van der Waals surface area contributed by atoms with E-state index >= 15 is 0 Å². The summed E-state index contributed by atoms with van der Waals surface area (Å²) in [5.74, 6) is 0.708. The summed E-state index contributed by atoms with van der Waals surface area (Å²) < 4.78 is 6.71. The molecule has 120 valence electrons. The Kier molecular flexibility index (Phi) is 4.54. The maximum Gasteiger partial charge on any atom is 0.266 e. The Labute approximate surface area is 143 Å². The van der Waals surface area contributed by atoms with Crippen LogP contribution in [-0.2, 0) is 0 Å². The van der Waals surface area contributed by atoms with E-state index in [1.165, 1.54) is 11.8 Å². The van der Waals surface area contributed by atoms with Crippen molar-refractivity contribution in [3.8, 4) is 17.5 Å². The first-order valence-electron chi connectivity index (χ1n) is 7.36. The van der Waals surface area contributed by atoms with Crippen molar-refractivity contribution in [2.24, 2.45) is 0 Å². The van der Waals surface area contributed by atoms with Crippen LogP contribution >= 0.6 is 11.8 Å². The van der Waals surface area contributed by atoms with Gasteiger partial charge in [-0.3, -0.25) is 9.36 Å². The average molecular weight is 337 g/mol. The van der Waals surface area contributed by atoms with Crippen LogP contribution in [0.15, 0.2) is 58.5 Å². The van der Waals surface area contributed by atoms with Crippen LogP contribution in [0.4, 0.5) is 0 Å². The molecule has 0 aliphatic heterocycles. The Morgan fingerprint density at radius 1 is 1.21 bits per heavy atom. The number of aromatic nitrogens is 2. The van der Waals surface area contributed by atoms with Gasteiger partial charge < -0.3 is 4.74 Å². The van der Waals surface area contributed by atoms with Crippen molar-refractivity contribution in [2.45, 2.75) is 17.3 Å². The number of thioether (sulfide) groups is 1. The molecule has 0 radical (unpaired) electrons. The van der Waals surface area contributed by atoms with E-state index in [0.29, 0.717) is 27.5 Å². The molecule has 0 bridgehead atoms. The summed E-state index contributed by atoms with van der Waals surface area (Å²) in [4.78, 5) is 17.6. The third kappa shape index (κ3) is 2.99. The molecule has 1 atom stereocenters. The first-order valence-corrected chi connectivity index (χ1v) is 8.24. The van der Waals surface area contributed by atoms with Gasteiger partial charge in [0.1, 0.15) is 5.75 Å². The van der Waals surface area contributed by atoms with Crippen molar-refractivity contribution in [3.63, 3.8) is 0 Å². The average Bonchev–Trinajstić information content (AvgIpc) is 2.62. The molecule has 0 saturated heterocycles. The van der Waals surface area contributed by atoms with Gasteiger partial charge in [0, 0.05) is 0 Å². The predicted molar refractivity (Wildman–Crippen MR) is 94.8 cm³/mol. The van der Waals surface area contributed by atoms with Crippen LogP contribution in [0.2, 0.25) is 0 Å². The van der Waals surface area contributed by atoms with Crippen LogP contribution in [0, 0.1) is 11.3 Å². The molecule has 0 amide bonds. The zero-order valence-electron chi connectivity index (χ0n) is 13.3. The Bertz CT molecular complexity index is 974. The Hall–Kier alpha value is -2.78.